The van der Waals surface area contributed by atoms with Gasteiger partial charge >= 0.3 is 0 Å². The number of hydrogen-bond acceptors (Lipinski definition) is 6. The number of alkyl halides is 2. The van der Waals surface area contributed by atoms with Gasteiger partial charge in [0.2, 0.25) is 0 Å². The van der Waals surface area contributed by atoms with Crippen LogP contribution in [0.1, 0.15) is 22.5 Å². The number of aliphatic hydroxyl groups is 1. The summed E-state index contributed by atoms with van der Waals surface area (Å²) in [4.78, 5) is 28.8. The van der Waals surface area contributed by atoms with E-state index in [1.807, 2.05) is 0 Å². The van der Waals surface area contributed by atoms with Gasteiger partial charge in [0.15, 0.2) is 0 Å². The Balaban J connectivity index is 2.14. The van der Waals surface area contributed by atoms with E-state index in [-0.39, 0.29) is 24.4 Å². The fourth-order valence-corrected chi connectivity index (χ4v) is 2.44. The second kappa shape index (κ2) is 8.05. The Kier molecular flexibility index (Phi) is 5.54. The highest BCUT2D eigenvalue weighted by Gasteiger charge is 2.18. The van der Waals surface area contributed by atoms with E-state index >= 15 is 0 Å². The van der Waals surface area contributed by atoms with Crippen LogP contribution >= 0.6 is 0 Å². The molecule has 9 nitrogen and oxygen atoms in total. The molecule has 0 unspecified atom stereocenters. The number of aryl methyl sites for hydroxylation is 1. The summed E-state index contributed by atoms with van der Waals surface area (Å²) in [6.45, 7) is -0.326. The summed E-state index contributed by atoms with van der Waals surface area (Å²) < 4.78 is 27.9. The number of nitrogens with zero attached hydrogens (tertiary/aromatic N) is 5. The second-order valence-corrected chi connectivity index (χ2v) is 5.78. The SMILES string of the molecule is Cn1cc(-n2nc(-c3ccc(C(F)F)nc3)cc(C(=O)NCCO)c2=O)cn1. The first-order chi connectivity index (χ1) is 13.4. The highest BCUT2D eigenvalue weighted by molar-refractivity contribution is 5.94. The largest absolute Gasteiger partial charge is 0.395 e. The molecule has 3 heterocycles. The van der Waals surface area contributed by atoms with Gasteiger partial charge in [-0.3, -0.25) is 19.3 Å². The van der Waals surface area contributed by atoms with Crippen molar-refractivity contribution in [3.05, 3.63) is 58.4 Å². The van der Waals surface area contributed by atoms with Gasteiger partial charge in [0.1, 0.15) is 16.9 Å². The molecular weight excluding hydrogens is 374 g/mol. The van der Waals surface area contributed by atoms with Crippen LogP contribution in [0.5, 0.6) is 0 Å². The number of aliphatic hydroxyl groups excluding tert-OH is 1. The Labute approximate surface area is 157 Å². The molecule has 3 aromatic rings. The summed E-state index contributed by atoms with van der Waals surface area (Å²) in [5.74, 6) is -0.697. The number of nitrogens with one attached hydrogen (secondary N) is 1. The van der Waals surface area contributed by atoms with Gasteiger partial charge in [0.05, 0.1) is 24.7 Å². The number of rotatable bonds is 6. The van der Waals surface area contributed by atoms with Crippen molar-refractivity contribution in [1.29, 1.82) is 0 Å². The predicted octanol–water partition coefficient (Wildman–Crippen LogP) is 0.688. The Bertz CT molecular complexity index is 1050. The normalized spacial score (nSPS) is 11.0. The quantitative estimate of drug-likeness (QED) is 0.640. The third-order valence-electron chi connectivity index (χ3n) is 3.80. The number of pyridine rings is 1. The van der Waals surface area contributed by atoms with Crippen molar-refractivity contribution in [2.75, 3.05) is 13.2 Å². The van der Waals surface area contributed by atoms with E-state index in [1.165, 1.54) is 35.4 Å². The van der Waals surface area contributed by atoms with Crippen LogP contribution in [0.3, 0.4) is 0 Å². The lowest BCUT2D eigenvalue weighted by Gasteiger charge is -2.10. The summed E-state index contributed by atoms with van der Waals surface area (Å²) in [6, 6.07) is 3.78. The van der Waals surface area contributed by atoms with Crippen LogP contribution in [0, 0.1) is 0 Å². The number of hydrogen-bond donors (Lipinski definition) is 2. The first-order valence-corrected chi connectivity index (χ1v) is 8.17. The number of aromatic nitrogens is 5. The van der Waals surface area contributed by atoms with E-state index < -0.39 is 23.6 Å². The Morgan fingerprint density at radius 3 is 2.68 bits per heavy atom. The van der Waals surface area contributed by atoms with Gasteiger partial charge in [-0.1, -0.05) is 0 Å². The fraction of sp³-hybridized carbons (Fsp3) is 0.235. The predicted molar refractivity (Wildman–Crippen MR) is 94.2 cm³/mol. The number of carbonyl (C=O) groups excluding carboxylic acids is 1. The second-order valence-electron chi connectivity index (χ2n) is 5.78. The number of halogens is 2. The molecule has 0 bridgehead atoms. The molecule has 3 rings (SSSR count). The summed E-state index contributed by atoms with van der Waals surface area (Å²) in [5.41, 5.74) is -0.457. The van der Waals surface area contributed by atoms with Crippen LogP contribution in [0.15, 0.2) is 41.6 Å². The lowest BCUT2D eigenvalue weighted by atomic mass is 10.1. The van der Waals surface area contributed by atoms with E-state index in [0.717, 1.165) is 10.7 Å². The zero-order valence-electron chi connectivity index (χ0n) is 14.7. The summed E-state index contributed by atoms with van der Waals surface area (Å²) in [5, 5.41) is 19.5. The van der Waals surface area contributed by atoms with Crippen LogP contribution in [-0.2, 0) is 7.05 Å². The molecule has 28 heavy (non-hydrogen) atoms. The monoisotopic (exact) mass is 390 g/mol. The minimum absolute atomic E-state index is 0.0343. The number of carbonyl (C=O) groups is 1. The standard InChI is InChI=1S/C17H16F2N6O3/c1-24-9-11(8-22-24)25-17(28)12(16(27)20-4-5-26)6-14(23-25)10-2-3-13(15(18)19)21-7-10/h2-3,6-9,15,26H,4-5H2,1H3,(H,20,27). The fourth-order valence-electron chi connectivity index (χ4n) is 2.44. The topological polar surface area (TPSA) is 115 Å². The van der Waals surface area contributed by atoms with Crippen molar-refractivity contribution in [3.63, 3.8) is 0 Å². The molecule has 0 saturated heterocycles. The molecule has 0 aliphatic heterocycles. The van der Waals surface area contributed by atoms with Crippen LogP contribution in [0.2, 0.25) is 0 Å². The molecule has 0 atom stereocenters. The van der Waals surface area contributed by atoms with Crippen LogP contribution in [-0.4, -0.2) is 48.7 Å². The van der Waals surface area contributed by atoms with Crippen molar-refractivity contribution in [2.24, 2.45) is 7.05 Å². The first kappa shape index (κ1) is 19.3. The molecule has 0 aromatic carbocycles. The first-order valence-electron chi connectivity index (χ1n) is 8.17. The molecule has 0 spiro atoms. The van der Waals surface area contributed by atoms with Crippen molar-refractivity contribution in [3.8, 4) is 16.9 Å². The Hall–Kier alpha value is -3.47. The molecule has 0 aliphatic rings. The highest BCUT2D eigenvalue weighted by Crippen LogP contribution is 2.21. The lowest BCUT2D eigenvalue weighted by molar-refractivity contribution is 0.0942. The van der Waals surface area contributed by atoms with Crippen LogP contribution < -0.4 is 10.9 Å². The summed E-state index contributed by atoms with van der Waals surface area (Å²) in [6.07, 6.45) is 1.40. The van der Waals surface area contributed by atoms with Gasteiger partial charge in [0.25, 0.3) is 17.9 Å². The minimum atomic E-state index is -2.72. The average molecular weight is 390 g/mol. The molecule has 1 amide bonds. The summed E-state index contributed by atoms with van der Waals surface area (Å²) >= 11 is 0. The van der Waals surface area contributed by atoms with Crippen molar-refractivity contribution < 1.29 is 18.7 Å². The third kappa shape index (κ3) is 3.93. The van der Waals surface area contributed by atoms with Crippen molar-refractivity contribution >= 4 is 5.91 Å². The molecule has 11 heteroatoms. The maximum Gasteiger partial charge on any atom is 0.284 e. The van der Waals surface area contributed by atoms with Crippen LogP contribution in [0.25, 0.3) is 16.9 Å². The van der Waals surface area contributed by atoms with Crippen molar-refractivity contribution in [1.82, 2.24) is 29.9 Å². The van der Waals surface area contributed by atoms with Crippen LogP contribution in [0.4, 0.5) is 8.78 Å². The average Bonchev–Trinajstić information content (AvgIpc) is 3.12. The van der Waals surface area contributed by atoms with Gasteiger partial charge in [-0.05, 0) is 18.2 Å². The Morgan fingerprint density at radius 1 is 1.32 bits per heavy atom. The minimum Gasteiger partial charge on any atom is -0.395 e. The zero-order valence-corrected chi connectivity index (χ0v) is 14.7. The van der Waals surface area contributed by atoms with Gasteiger partial charge in [-0.2, -0.15) is 14.9 Å². The molecule has 146 valence electrons. The number of amides is 1. The van der Waals surface area contributed by atoms with E-state index in [1.54, 1.807) is 7.05 Å². The third-order valence-corrected chi connectivity index (χ3v) is 3.80. The molecule has 0 fully saturated rings. The van der Waals surface area contributed by atoms with E-state index in [2.05, 4.69) is 20.5 Å². The molecule has 3 aromatic heterocycles. The maximum atomic E-state index is 12.7. The molecular formula is C17H16F2N6O3. The maximum absolute atomic E-state index is 12.7. The van der Waals surface area contributed by atoms with Gasteiger partial charge < -0.3 is 10.4 Å². The van der Waals surface area contributed by atoms with Gasteiger partial charge in [-0.15, -0.1) is 0 Å². The molecule has 0 saturated carbocycles. The zero-order chi connectivity index (χ0) is 20.3. The van der Waals surface area contributed by atoms with Crippen molar-refractivity contribution in [2.45, 2.75) is 6.43 Å². The van der Waals surface area contributed by atoms with E-state index in [0.29, 0.717) is 11.3 Å². The summed E-state index contributed by atoms with van der Waals surface area (Å²) in [7, 11) is 1.65. The van der Waals surface area contributed by atoms with E-state index in [4.69, 9.17) is 5.11 Å². The Morgan fingerprint density at radius 2 is 2.11 bits per heavy atom. The van der Waals surface area contributed by atoms with E-state index in [9.17, 15) is 18.4 Å². The van der Waals surface area contributed by atoms with Gasteiger partial charge in [0, 0.05) is 25.4 Å². The van der Waals surface area contributed by atoms with Gasteiger partial charge in [-0.25, -0.2) is 8.78 Å². The smallest absolute Gasteiger partial charge is 0.284 e. The molecule has 2 N–H and O–H groups in total. The molecule has 0 radical (unpaired) electrons. The molecule has 0 aliphatic carbocycles. The highest BCUT2D eigenvalue weighted by atomic mass is 19.3. The lowest BCUT2D eigenvalue weighted by Crippen LogP contribution is -2.35.